The third-order valence-corrected chi connectivity index (χ3v) is 4.25. The number of urea groups is 1. The van der Waals surface area contributed by atoms with Crippen LogP contribution in [0.5, 0.6) is 0 Å². The van der Waals surface area contributed by atoms with E-state index in [0.717, 1.165) is 16.7 Å². The van der Waals surface area contributed by atoms with Crippen molar-refractivity contribution in [1.82, 2.24) is 9.55 Å². The third kappa shape index (κ3) is 3.54. The number of nitrogens with zero attached hydrogens (tertiary/aromatic N) is 2. The van der Waals surface area contributed by atoms with Crippen molar-refractivity contribution in [2.75, 3.05) is 10.6 Å². The molecule has 0 radical (unpaired) electrons. The van der Waals surface area contributed by atoms with E-state index in [1.165, 1.54) is 0 Å². The number of nitrogens with one attached hydrogen (secondary N) is 2. The van der Waals surface area contributed by atoms with Gasteiger partial charge in [-0.3, -0.25) is 9.36 Å². The van der Waals surface area contributed by atoms with E-state index in [9.17, 15) is 9.59 Å². The van der Waals surface area contributed by atoms with Crippen molar-refractivity contribution < 1.29 is 9.59 Å². The number of primary amides is 1. The summed E-state index contributed by atoms with van der Waals surface area (Å²) < 4.78 is 1.97. The van der Waals surface area contributed by atoms with Gasteiger partial charge in [0.25, 0.3) is 5.91 Å². The lowest BCUT2D eigenvalue weighted by Crippen LogP contribution is -2.19. The van der Waals surface area contributed by atoms with Gasteiger partial charge < -0.3 is 16.4 Å². The number of rotatable bonds is 4. The summed E-state index contributed by atoms with van der Waals surface area (Å²) in [6.45, 7) is 0. The second-order valence-electron chi connectivity index (χ2n) is 6.17. The van der Waals surface area contributed by atoms with Crippen LogP contribution in [0.3, 0.4) is 0 Å². The van der Waals surface area contributed by atoms with Crippen LogP contribution in [-0.4, -0.2) is 21.5 Å². The Morgan fingerprint density at radius 3 is 2.32 bits per heavy atom. The molecule has 0 aliphatic heterocycles. The first kappa shape index (κ1) is 17.3. The zero-order valence-corrected chi connectivity index (χ0v) is 14.8. The first-order valence-electron chi connectivity index (χ1n) is 8.60. The molecule has 138 valence electrons. The lowest BCUT2D eigenvalue weighted by atomic mass is 10.1. The Labute approximate surface area is 160 Å². The highest BCUT2D eigenvalue weighted by atomic mass is 16.2. The van der Waals surface area contributed by atoms with Crippen molar-refractivity contribution >= 4 is 34.3 Å². The number of carbonyl (C=O) groups is 2. The number of imidazole rings is 1. The normalized spacial score (nSPS) is 10.6. The van der Waals surface area contributed by atoms with Crippen LogP contribution >= 0.6 is 0 Å². The summed E-state index contributed by atoms with van der Waals surface area (Å²) in [5, 5.41) is 5.28. The minimum absolute atomic E-state index is 0.252. The Kier molecular flexibility index (Phi) is 4.47. The van der Waals surface area contributed by atoms with Gasteiger partial charge in [-0.1, -0.05) is 18.2 Å². The molecule has 0 fully saturated rings. The van der Waals surface area contributed by atoms with Crippen LogP contribution in [0.15, 0.2) is 79.1 Å². The molecule has 7 nitrogen and oxygen atoms in total. The quantitative estimate of drug-likeness (QED) is 0.509. The summed E-state index contributed by atoms with van der Waals surface area (Å²) in [5.41, 5.74) is 9.51. The molecule has 0 aliphatic rings. The predicted molar refractivity (Wildman–Crippen MR) is 109 cm³/mol. The molecule has 4 aromatic rings. The molecule has 7 heteroatoms. The van der Waals surface area contributed by atoms with Crippen LogP contribution in [0.2, 0.25) is 0 Å². The highest BCUT2D eigenvalue weighted by molar-refractivity contribution is 6.04. The van der Waals surface area contributed by atoms with Crippen molar-refractivity contribution in [3.05, 3.63) is 84.7 Å². The van der Waals surface area contributed by atoms with Crippen molar-refractivity contribution in [2.24, 2.45) is 5.73 Å². The molecule has 0 saturated heterocycles. The van der Waals surface area contributed by atoms with Crippen LogP contribution in [-0.2, 0) is 0 Å². The molecule has 0 saturated carbocycles. The number of hydrogen-bond acceptors (Lipinski definition) is 3. The summed E-state index contributed by atoms with van der Waals surface area (Å²) in [6.07, 6.45) is 1.76. The van der Waals surface area contributed by atoms with Crippen LogP contribution in [0.1, 0.15) is 10.4 Å². The average Bonchev–Trinajstić information content (AvgIpc) is 3.12. The highest BCUT2D eigenvalue weighted by Gasteiger charge is 2.09. The first-order valence-corrected chi connectivity index (χ1v) is 8.60. The smallest absolute Gasteiger partial charge is 0.316 e. The summed E-state index contributed by atoms with van der Waals surface area (Å²) in [7, 11) is 0. The molecule has 4 N–H and O–H groups in total. The fraction of sp³-hybridized carbons (Fsp3) is 0. The molecule has 1 heterocycles. The van der Waals surface area contributed by atoms with Gasteiger partial charge in [-0.05, 0) is 54.6 Å². The molecule has 0 aliphatic carbocycles. The van der Waals surface area contributed by atoms with E-state index in [4.69, 9.17) is 5.73 Å². The molecule has 0 atom stereocenters. The number of anilines is 2. The highest BCUT2D eigenvalue weighted by Crippen LogP contribution is 2.19. The van der Waals surface area contributed by atoms with Gasteiger partial charge in [0, 0.05) is 22.6 Å². The molecular weight excluding hydrogens is 354 g/mol. The Balaban J connectivity index is 1.52. The van der Waals surface area contributed by atoms with E-state index in [1.807, 2.05) is 41.0 Å². The van der Waals surface area contributed by atoms with Crippen molar-refractivity contribution in [2.45, 2.75) is 0 Å². The standard InChI is InChI=1S/C21H17N5O2/c22-21(28)25-16-5-3-4-15(12-16)24-20(27)14-8-10-17(11-9-14)26-13-23-18-6-1-2-7-19(18)26/h1-13H,(H,24,27)(H3,22,25,28). The molecule has 1 aromatic heterocycles. The number of aromatic nitrogens is 2. The van der Waals surface area contributed by atoms with Crippen LogP contribution in [0.4, 0.5) is 16.2 Å². The van der Waals surface area contributed by atoms with Gasteiger partial charge in [-0.25, -0.2) is 9.78 Å². The zero-order chi connectivity index (χ0) is 19.5. The van der Waals surface area contributed by atoms with Crippen LogP contribution in [0, 0.1) is 0 Å². The minimum atomic E-state index is -0.661. The molecule has 0 spiro atoms. The third-order valence-electron chi connectivity index (χ3n) is 4.25. The number of fused-ring (bicyclic) bond motifs is 1. The van der Waals surface area contributed by atoms with Crippen LogP contribution in [0.25, 0.3) is 16.7 Å². The maximum absolute atomic E-state index is 12.5. The van der Waals surface area contributed by atoms with E-state index < -0.39 is 6.03 Å². The Bertz CT molecular complexity index is 1160. The summed E-state index contributed by atoms with van der Waals surface area (Å²) in [5.74, 6) is -0.252. The van der Waals surface area contributed by atoms with E-state index in [2.05, 4.69) is 15.6 Å². The van der Waals surface area contributed by atoms with Crippen molar-refractivity contribution in [3.63, 3.8) is 0 Å². The largest absolute Gasteiger partial charge is 0.351 e. The fourth-order valence-corrected chi connectivity index (χ4v) is 2.96. The van der Waals surface area contributed by atoms with Gasteiger partial charge in [-0.15, -0.1) is 0 Å². The molecule has 4 rings (SSSR count). The van der Waals surface area contributed by atoms with E-state index in [-0.39, 0.29) is 5.91 Å². The van der Waals surface area contributed by atoms with E-state index in [1.54, 1.807) is 42.7 Å². The van der Waals surface area contributed by atoms with Gasteiger partial charge in [0.2, 0.25) is 0 Å². The second kappa shape index (κ2) is 7.24. The molecule has 0 bridgehead atoms. The molecule has 28 heavy (non-hydrogen) atoms. The topological polar surface area (TPSA) is 102 Å². The number of amides is 3. The van der Waals surface area contributed by atoms with Crippen molar-refractivity contribution in [1.29, 1.82) is 0 Å². The maximum Gasteiger partial charge on any atom is 0.316 e. The minimum Gasteiger partial charge on any atom is -0.351 e. The fourth-order valence-electron chi connectivity index (χ4n) is 2.96. The molecule has 3 aromatic carbocycles. The molecule has 0 unspecified atom stereocenters. The Hall–Kier alpha value is -4.13. The monoisotopic (exact) mass is 371 g/mol. The Morgan fingerprint density at radius 2 is 1.57 bits per heavy atom. The number of nitrogens with two attached hydrogens (primary N) is 1. The summed E-state index contributed by atoms with van der Waals surface area (Å²) in [4.78, 5) is 27.8. The average molecular weight is 371 g/mol. The first-order chi connectivity index (χ1) is 13.6. The second-order valence-corrected chi connectivity index (χ2v) is 6.17. The molecular formula is C21H17N5O2. The summed E-state index contributed by atoms with van der Waals surface area (Å²) in [6, 6.07) is 21.2. The predicted octanol–water partition coefficient (Wildman–Crippen LogP) is 3.77. The number of para-hydroxylation sites is 2. The number of carbonyl (C=O) groups excluding carboxylic acids is 2. The van der Waals surface area contributed by atoms with Gasteiger partial charge >= 0.3 is 6.03 Å². The van der Waals surface area contributed by atoms with Crippen molar-refractivity contribution in [3.8, 4) is 5.69 Å². The van der Waals surface area contributed by atoms with E-state index >= 15 is 0 Å². The van der Waals surface area contributed by atoms with Gasteiger partial charge in [0.05, 0.1) is 11.0 Å². The molecule has 3 amide bonds. The van der Waals surface area contributed by atoms with Gasteiger partial charge in [-0.2, -0.15) is 0 Å². The van der Waals surface area contributed by atoms with E-state index in [0.29, 0.717) is 16.9 Å². The van der Waals surface area contributed by atoms with Gasteiger partial charge in [0.1, 0.15) is 6.33 Å². The Morgan fingerprint density at radius 1 is 0.857 bits per heavy atom. The zero-order valence-electron chi connectivity index (χ0n) is 14.8. The maximum atomic E-state index is 12.5. The summed E-state index contributed by atoms with van der Waals surface area (Å²) >= 11 is 0. The lowest BCUT2D eigenvalue weighted by molar-refractivity contribution is 0.102. The SMILES string of the molecule is NC(=O)Nc1cccc(NC(=O)c2ccc(-n3cnc4ccccc43)cc2)c1. The van der Waals surface area contributed by atoms with Gasteiger partial charge in [0.15, 0.2) is 0 Å². The lowest BCUT2D eigenvalue weighted by Gasteiger charge is -2.09. The number of benzene rings is 3. The number of hydrogen-bond donors (Lipinski definition) is 3. The van der Waals surface area contributed by atoms with Crippen LogP contribution < -0.4 is 16.4 Å².